The van der Waals surface area contributed by atoms with Crippen LogP contribution < -0.4 is 21.5 Å². The van der Waals surface area contributed by atoms with Gasteiger partial charge in [-0.15, -0.1) is 0 Å². The monoisotopic (exact) mass is 335 g/mol. The third-order valence-corrected chi connectivity index (χ3v) is 3.36. The van der Waals surface area contributed by atoms with Crippen LogP contribution in [0.25, 0.3) is 0 Å². The number of hydrogen-bond acceptors (Lipinski definition) is 4. The number of primary amides is 1. The quantitative estimate of drug-likeness (QED) is 0.749. The molecule has 0 radical (unpaired) electrons. The van der Waals surface area contributed by atoms with Gasteiger partial charge in [0.15, 0.2) is 0 Å². The van der Waals surface area contributed by atoms with E-state index >= 15 is 0 Å². The number of amides is 1. The van der Waals surface area contributed by atoms with Crippen molar-refractivity contribution in [2.75, 3.05) is 18.2 Å². The summed E-state index contributed by atoms with van der Waals surface area (Å²) in [6.07, 6.45) is 0. The fourth-order valence-electron chi connectivity index (χ4n) is 1.78. The number of rotatable bonds is 4. The van der Waals surface area contributed by atoms with Crippen molar-refractivity contribution in [2.24, 2.45) is 5.73 Å². The highest BCUT2D eigenvalue weighted by Gasteiger charge is 2.09. The fraction of sp³-hybridized carbons (Fsp3) is 0.0714. The number of hydrogen-bond donors (Lipinski definition) is 3. The van der Waals surface area contributed by atoms with Gasteiger partial charge in [-0.2, -0.15) is 0 Å². The number of carbonyl (C=O) groups excluding carboxylic acids is 1. The molecular formula is C14H14BrN3O2. The number of ether oxygens (including phenoxy) is 1. The Balaban J connectivity index is 2.36. The van der Waals surface area contributed by atoms with E-state index in [9.17, 15) is 4.79 Å². The van der Waals surface area contributed by atoms with Crippen molar-refractivity contribution in [1.29, 1.82) is 0 Å². The zero-order chi connectivity index (χ0) is 14.7. The molecule has 104 valence electrons. The SMILES string of the molecule is COc1ccc(Nc2cc(N)ccc2C(N)=O)cc1Br. The van der Waals surface area contributed by atoms with Crippen molar-refractivity contribution in [1.82, 2.24) is 0 Å². The molecule has 2 rings (SSSR count). The van der Waals surface area contributed by atoms with Crippen LogP contribution in [0.15, 0.2) is 40.9 Å². The second-order valence-corrected chi connectivity index (χ2v) is 5.00. The minimum Gasteiger partial charge on any atom is -0.496 e. The van der Waals surface area contributed by atoms with Crippen LogP contribution in [0.5, 0.6) is 5.75 Å². The lowest BCUT2D eigenvalue weighted by Crippen LogP contribution is -2.13. The van der Waals surface area contributed by atoms with Crippen LogP contribution in [0.3, 0.4) is 0 Å². The maximum Gasteiger partial charge on any atom is 0.250 e. The first-order valence-electron chi connectivity index (χ1n) is 5.81. The van der Waals surface area contributed by atoms with Gasteiger partial charge in [0.2, 0.25) is 0 Å². The van der Waals surface area contributed by atoms with Crippen molar-refractivity contribution in [3.8, 4) is 5.75 Å². The van der Waals surface area contributed by atoms with Gasteiger partial charge in [-0.1, -0.05) is 0 Å². The van der Waals surface area contributed by atoms with E-state index in [1.807, 2.05) is 18.2 Å². The van der Waals surface area contributed by atoms with Crippen LogP contribution in [-0.2, 0) is 0 Å². The molecule has 0 aliphatic heterocycles. The molecule has 0 bridgehead atoms. The van der Waals surface area contributed by atoms with Gasteiger partial charge >= 0.3 is 0 Å². The smallest absolute Gasteiger partial charge is 0.250 e. The van der Waals surface area contributed by atoms with Gasteiger partial charge in [-0.05, 0) is 52.3 Å². The number of halogens is 1. The van der Waals surface area contributed by atoms with Crippen molar-refractivity contribution >= 4 is 38.9 Å². The lowest BCUT2D eigenvalue weighted by molar-refractivity contribution is 0.100. The Kier molecular flexibility index (Phi) is 4.14. The van der Waals surface area contributed by atoms with E-state index in [0.29, 0.717) is 16.9 Å². The van der Waals surface area contributed by atoms with E-state index in [1.54, 1.807) is 25.3 Å². The molecule has 5 N–H and O–H groups in total. The molecule has 1 amide bonds. The highest BCUT2D eigenvalue weighted by Crippen LogP contribution is 2.30. The third-order valence-electron chi connectivity index (χ3n) is 2.74. The van der Waals surface area contributed by atoms with E-state index in [0.717, 1.165) is 15.9 Å². The van der Waals surface area contributed by atoms with Crippen LogP contribution in [0, 0.1) is 0 Å². The summed E-state index contributed by atoms with van der Waals surface area (Å²) in [6.45, 7) is 0. The number of methoxy groups -OCH3 is 1. The van der Waals surface area contributed by atoms with Gasteiger partial charge < -0.3 is 21.5 Å². The summed E-state index contributed by atoms with van der Waals surface area (Å²) in [6, 6.07) is 10.4. The summed E-state index contributed by atoms with van der Waals surface area (Å²) in [5, 5.41) is 3.12. The molecular weight excluding hydrogens is 322 g/mol. The molecule has 0 heterocycles. The maximum absolute atomic E-state index is 11.4. The molecule has 0 saturated carbocycles. The van der Waals surface area contributed by atoms with E-state index in [-0.39, 0.29) is 0 Å². The topological polar surface area (TPSA) is 90.4 Å². The second kappa shape index (κ2) is 5.83. The summed E-state index contributed by atoms with van der Waals surface area (Å²) < 4.78 is 5.96. The molecule has 0 atom stereocenters. The molecule has 0 fully saturated rings. The van der Waals surface area contributed by atoms with E-state index < -0.39 is 5.91 Å². The summed E-state index contributed by atoms with van der Waals surface area (Å²) in [4.78, 5) is 11.4. The lowest BCUT2D eigenvalue weighted by atomic mass is 10.1. The lowest BCUT2D eigenvalue weighted by Gasteiger charge is -2.12. The molecule has 6 heteroatoms. The standard InChI is InChI=1S/C14H14BrN3O2/c1-20-13-5-3-9(7-11(13)15)18-12-6-8(16)2-4-10(12)14(17)19/h2-7,18H,16H2,1H3,(H2,17,19). The van der Waals surface area contributed by atoms with Crippen LogP contribution in [-0.4, -0.2) is 13.0 Å². The number of nitrogen functional groups attached to an aromatic ring is 1. The normalized spacial score (nSPS) is 10.1. The Bertz CT molecular complexity index is 659. The number of anilines is 3. The Morgan fingerprint density at radius 3 is 2.60 bits per heavy atom. The average molecular weight is 336 g/mol. The summed E-state index contributed by atoms with van der Waals surface area (Å²) in [7, 11) is 1.59. The second-order valence-electron chi connectivity index (χ2n) is 4.14. The highest BCUT2D eigenvalue weighted by molar-refractivity contribution is 9.10. The van der Waals surface area contributed by atoms with E-state index in [2.05, 4.69) is 21.2 Å². The van der Waals surface area contributed by atoms with Crippen LogP contribution in [0.2, 0.25) is 0 Å². The fourth-order valence-corrected chi connectivity index (χ4v) is 2.32. The van der Waals surface area contributed by atoms with Crippen molar-refractivity contribution < 1.29 is 9.53 Å². The van der Waals surface area contributed by atoms with Crippen molar-refractivity contribution in [3.63, 3.8) is 0 Å². The highest BCUT2D eigenvalue weighted by atomic mass is 79.9. The number of nitrogens with one attached hydrogen (secondary N) is 1. The number of carbonyl (C=O) groups is 1. The predicted molar refractivity (Wildman–Crippen MR) is 83.3 cm³/mol. The Morgan fingerprint density at radius 2 is 2.00 bits per heavy atom. The Morgan fingerprint density at radius 1 is 1.25 bits per heavy atom. The largest absolute Gasteiger partial charge is 0.496 e. The molecule has 2 aromatic rings. The number of nitrogens with two attached hydrogens (primary N) is 2. The first-order chi connectivity index (χ1) is 9.51. The minimum atomic E-state index is -0.514. The predicted octanol–water partition coefficient (Wildman–Crippen LogP) is 2.88. The Labute approximate surface area is 125 Å². The van der Waals surface area contributed by atoms with Crippen LogP contribution in [0.1, 0.15) is 10.4 Å². The molecule has 0 saturated heterocycles. The van der Waals surface area contributed by atoms with Gasteiger partial charge in [0.1, 0.15) is 5.75 Å². The molecule has 20 heavy (non-hydrogen) atoms. The van der Waals surface area contributed by atoms with Crippen LogP contribution >= 0.6 is 15.9 Å². The third kappa shape index (κ3) is 3.03. The molecule has 0 aliphatic carbocycles. The molecule has 0 aliphatic rings. The molecule has 2 aromatic carbocycles. The molecule has 0 unspecified atom stereocenters. The zero-order valence-corrected chi connectivity index (χ0v) is 12.4. The van der Waals surface area contributed by atoms with Gasteiger partial charge in [0.25, 0.3) is 5.91 Å². The maximum atomic E-state index is 11.4. The van der Waals surface area contributed by atoms with Crippen LogP contribution in [0.4, 0.5) is 17.1 Å². The number of benzene rings is 2. The first-order valence-corrected chi connectivity index (χ1v) is 6.60. The van der Waals surface area contributed by atoms with Crippen molar-refractivity contribution in [2.45, 2.75) is 0 Å². The van der Waals surface area contributed by atoms with Gasteiger partial charge in [0, 0.05) is 11.4 Å². The van der Waals surface area contributed by atoms with Gasteiger partial charge in [0.05, 0.1) is 22.8 Å². The van der Waals surface area contributed by atoms with Crippen molar-refractivity contribution in [3.05, 3.63) is 46.4 Å². The molecule has 0 aromatic heterocycles. The summed E-state index contributed by atoms with van der Waals surface area (Å²) in [5.74, 6) is 0.207. The minimum absolute atomic E-state index is 0.381. The van der Waals surface area contributed by atoms with Gasteiger partial charge in [-0.3, -0.25) is 4.79 Å². The van der Waals surface area contributed by atoms with Gasteiger partial charge in [-0.25, -0.2) is 0 Å². The Hall–Kier alpha value is -2.21. The summed E-state index contributed by atoms with van der Waals surface area (Å²) in [5.41, 5.74) is 13.4. The molecule has 5 nitrogen and oxygen atoms in total. The van der Waals surface area contributed by atoms with E-state index in [4.69, 9.17) is 16.2 Å². The zero-order valence-electron chi connectivity index (χ0n) is 10.8. The average Bonchev–Trinajstić information content (AvgIpc) is 2.38. The summed E-state index contributed by atoms with van der Waals surface area (Å²) >= 11 is 3.40. The first kappa shape index (κ1) is 14.2. The van der Waals surface area contributed by atoms with E-state index in [1.165, 1.54) is 0 Å². The molecule has 0 spiro atoms.